The average Bonchev–Trinajstić information content (AvgIpc) is 2.87. The van der Waals surface area contributed by atoms with Gasteiger partial charge in [-0.25, -0.2) is 0 Å². The molecule has 0 aliphatic rings. The van der Waals surface area contributed by atoms with Crippen LogP contribution in [0.1, 0.15) is 153 Å². The summed E-state index contributed by atoms with van der Waals surface area (Å²) in [6.07, 6.45) is 30.9. The van der Waals surface area contributed by atoms with Crippen LogP contribution in [0.3, 0.4) is 0 Å². The van der Waals surface area contributed by atoms with E-state index in [0.717, 1.165) is 0 Å². The van der Waals surface area contributed by atoms with Gasteiger partial charge in [-0.1, -0.05) is 166 Å². The van der Waals surface area contributed by atoms with E-state index in [9.17, 15) is 0 Å². The predicted molar refractivity (Wildman–Crippen MR) is 162 cm³/mol. The van der Waals surface area contributed by atoms with Crippen molar-refractivity contribution in [1.82, 2.24) is 0 Å². The van der Waals surface area contributed by atoms with Gasteiger partial charge in [0.25, 0.3) is 0 Å². The molecule has 194 valence electrons. The van der Waals surface area contributed by atoms with Crippen LogP contribution >= 0.6 is 0 Å². The molecule has 0 bridgehead atoms. The van der Waals surface area contributed by atoms with Crippen molar-refractivity contribution < 1.29 is 0 Å². The Balaban J connectivity index is 0.00000612. The first-order valence-electron chi connectivity index (χ1n) is 15.4. The summed E-state index contributed by atoms with van der Waals surface area (Å²) in [5, 5.41) is 2.94. The van der Waals surface area contributed by atoms with Crippen LogP contribution in [0.4, 0.5) is 0 Å². The van der Waals surface area contributed by atoms with Crippen molar-refractivity contribution >= 4 is 40.3 Å². The molecule has 2 aromatic rings. The normalized spacial score (nSPS) is 11.1. The van der Waals surface area contributed by atoms with E-state index in [-0.39, 0.29) is 29.6 Å². The fraction of sp³-hybridized carbons (Fsp3) is 0.706. The van der Waals surface area contributed by atoms with Gasteiger partial charge in [-0.3, -0.25) is 0 Å². The maximum absolute atomic E-state index is 2.45. The molecule has 0 saturated carbocycles. The zero-order chi connectivity index (χ0) is 24.1. The average molecular weight is 489 g/mol. The Morgan fingerprint density at radius 3 is 1.37 bits per heavy atom. The molecule has 35 heavy (non-hydrogen) atoms. The molecule has 2 rings (SSSR count). The molecule has 0 fully saturated rings. The molecule has 0 aliphatic carbocycles. The van der Waals surface area contributed by atoms with E-state index in [1.807, 2.05) is 0 Å². The van der Waals surface area contributed by atoms with Crippen molar-refractivity contribution in [3.63, 3.8) is 0 Å². The fourth-order valence-corrected chi connectivity index (χ4v) is 5.50. The number of hydrogen-bond acceptors (Lipinski definition) is 0. The van der Waals surface area contributed by atoms with Crippen molar-refractivity contribution in [3.8, 4) is 0 Å². The van der Waals surface area contributed by atoms with Crippen LogP contribution in [-0.4, -0.2) is 29.6 Å². The summed E-state index contributed by atoms with van der Waals surface area (Å²) < 4.78 is 0. The summed E-state index contributed by atoms with van der Waals surface area (Å²) in [6, 6.07) is 13.9. The van der Waals surface area contributed by atoms with Crippen LogP contribution in [0, 0.1) is 0 Å². The van der Waals surface area contributed by atoms with Crippen molar-refractivity contribution in [1.29, 1.82) is 0 Å². The van der Waals surface area contributed by atoms with E-state index in [0.29, 0.717) is 0 Å². The number of benzene rings is 2. The second-order valence-electron chi connectivity index (χ2n) is 10.8. The Hall–Kier alpha value is -0.300. The van der Waals surface area contributed by atoms with Gasteiger partial charge in [-0.15, -0.1) is 0 Å². The van der Waals surface area contributed by atoms with Crippen LogP contribution < -0.4 is 0 Å². The monoisotopic (exact) mass is 488 g/mol. The van der Waals surface area contributed by atoms with Crippen molar-refractivity contribution in [2.45, 2.75) is 155 Å². The number of fused-ring (bicyclic) bond motifs is 1. The molecule has 2 aromatic carbocycles. The number of unbranched alkanes of at least 4 members (excludes halogenated alkanes) is 18. The topological polar surface area (TPSA) is 0 Å². The summed E-state index contributed by atoms with van der Waals surface area (Å²) in [5.41, 5.74) is 3.29. The van der Waals surface area contributed by atoms with E-state index in [4.69, 9.17) is 0 Å². The van der Waals surface area contributed by atoms with Crippen molar-refractivity contribution in [2.75, 3.05) is 0 Å². The second-order valence-corrected chi connectivity index (χ2v) is 10.8. The van der Waals surface area contributed by atoms with E-state index in [1.54, 1.807) is 11.1 Å². The van der Waals surface area contributed by atoms with Gasteiger partial charge in [-0.2, -0.15) is 0 Å². The molecule has 1 heteroatoms. The van der Waals surface area contributed by atoms with Gasteiger partial charge in [0.15, 0.2) is 0 Å². The Labute approximate surface area is 241 Å². The molecule has 0 aliphatic heterocycles. The van der Waals surface area contributed by atoms with Gasteiger partial charge in [0, 0.05) is 0 Å². The second kappa shape index (κ2) is 22.9. The first kappa shape index (κ1) is 32.7. The van der Waals surface area contributed by atoms with E-state index >= 15 is 0 Å². The van der Waals surface area contributed by atoms with Gasteiger partial charge in [0.05, 0.1) is 0 Å². The zero-order valence-electron chi connectivity index (χ0n) is 23.0. The Bertz CT molecular complexity index is 734. The maximum atomic E-state index is 2.45. The molecule has 0 aromatic heterocycles. The SMILES string of the molecule is CCCCCCCCCCCCc1ccc2ccccc2c1CCCCCCCCCCCC.[NaH]. The summed E-state index contributed by atoms with van der Waals surface area (Å²) in [4.78, 5) is 0. The van der Waals surface area contributed by atoms with Gasteiger partial charge in [-0.05, 0) is 47.6 Å². The van der Waals surface area contributed by atoms with Gasteiger partial charge >= 0.3 is 29.6 Å². The summed E-state index contributed by atoms with van der Waals surface area (Å²) >= 11 is 0. The quantitative estimate of drug-likeness (QED) is 0.114. The Morgan fingerprint density at radius 1 is 0.429 bits per heavy atom. The zero-order valence-corrected chi connectivity index (χ0v) is 23.0. The number of hydrogen-bond donors (Lipinski definition) is 0. The van der Waals surface area contributed by atoms with E-state index in [1.165, 1.54) is 152 Å². The van der Waals surface area contributed by atoms with Crippen LogP contribution in [-0.2, 0) is 12.8 Å². The third-order valence-corrected chi connectivity index (χ3v) is 7.72. The van der Waals surface area contributed by atoms with Crippen LogP contribution in [0.15, 0.2) is 36.4 Å². The molecule has 0 radical (unpaired) electrons. The van der Waals surface area contributed by atoms with Crippen LogP contribution in [0.2, 0.25) is 0 Å². The first-order chi connectivity index (χ1) is 16.9. The third kappa shape index (κ3) is 14.9. The van der Waals surface area contributed by atoms with Crippen LogP contribution in [0.5, 0.6) is 0 Å². The Morgan fingerprint density at radius 2 is 0.857 bits per heavy atom. The number of rotatable bonds is 22. The molecule has 0 amide bonds. The molecular weight excluding hydrogens is 431 g/mol. The summed E-state index contributed by atoms with van der Waals surface area (Å²) in [7, 11) is 0. The third-order valence-electron chi connectivity index (χ3n) is 7.72. The molecule has 0 heterocycles. The van der Waals surface area contributed by atoms with Crippen molar-refractivity contribution in [2.24, 2.45) is 0 Å². The first-order valence-corrected chi connectivity index (χ1v) is 15.4. The molecule has 0 unspecified atom stereocenters. The van der Waals surface area contributed by atoms with Crippen molar-refractivity contribution in [3.05, 3.63) is 47.5 Å². The predicted octanol–water partition coefficient (Wildman–Crippen LogP) is 11.1. The molecular formula is C34H57Na. The fourth-order valence-electron chi connectivity index (χ4n) is 5.50. The van der Waals surface area contributed by atoms with Gasteiger partial charge in [0.1, 0.15) is 0 Å². The number of aryl methyl sites for hydroxylation is 2. The minimum absolute atomic E-state index is 0. The Kier molecular flexibility index (Phi) is 21.4. The molecule has 0 N–H and O–H groups in total. The van der Waals surface area contributed by atoms with Crippen LogP contribution in [0.25, 0.3) is 10.8 Å². The molecule has 0 spiro atoms. The van der Waals surface area contributed by atoms with Gasteiger partial charge < -0.3 is 0 Å². The summed E-state index contributed by atoms with van der Waals surface area (Å²) in [5.74, 6) is 0. The van der Waals surface area contributed by atoms with E-state index in [2.05, 4.69) is 50.2 Å². The van der Waals surface area contributed by atoms with Gasteiger partial charge in [0.2, 0.25) is 0 Å². The standard InChI is InChI=1S/C34H56.Na.H/c1-3-5-7-9-11-13-15-17-19-21-25-31-29-30-32-26-23-24-28-34(32)33(31)27-22-20-18-16-14-12-10-8-6-4-2;;/h23-24,26,28-30H,3-22,25,27H2,1-2H3;;. The minimum atomic E-state index is 0. The molecule has 0 nitrogen and oxygen atoms in total. The van der Waals surface area contributed by atoms with E-state index < -0.39 is 0 Å². The molecule has 0 atom stereocenters. The summed E-state index contributed by atoms with van der Waals surface area (Å²) in [6.45, 7) is 4.61. The molecule has 0 saturated heterocycles.